The van der Waals surface area contributed by atoms with Crippen LogP contribution in [-0.2, 0) is 4.79 Å². The van der Waals surface area contributed by atoms with Gasteiger partial charge in [-0.3, -0.25) is 0 Å². The molecule has 0 aliphatic heterocycles. The first kappa shape index (κ1) is 23.9. The van der Waals surface area contributed by atoms with Crippen LogP contribution in [0.25, 0.3) is 0 Å². The van der Waals surface area contributed by atoms with Crippen LogP contribution in [0.4, 0.5) is 0 Å². The lowest BCUT2D eigenvalue weighted by molar-refractivity contribution is -0.420. The monoisotopic (exact) mass is 423 g/mol. The highest BCUT2D eigenvalue weighted by Gasteiger charge is 2.24. The van der Waals surface area contributed by atoms with Crippen molar-refractivity contribution in [3.05, 3.63) is 95.6 Å². The third-order valence-corrected chi connectivity index (χ3v) is 4.83. The van der Waals surface area contributed by atoms with Crippen molar-refractivity contribution in [2.75, 3.05) is 14.2 Å². The number of carboxylic acid groups (broad SMARTS) is 1. The van der Waals surface area contributed by atoms with Crippen LogP contribution >= 0.6 is 0 Å². The summed E-state index contributed by atoms with van der Waals surface area (Å²) in [5.74, 6) is -0.690. The summed E-state index contributed by atoms with van der Waals surface area (Å²) in [7, 11) is 3.21. The number of carboxylic acids is 1. The maximum atomic E-state index is 11.0. The fraction of sp³-hybridized carbons (Fsp3) is 0.240. The van der Waals surface area contributed by atoms with Crippen molar-refractivity contribution in [2.45, 2.75) is 25.0 Å². The van der Waals surface area contributed by atoms with E-state index in [0.29, 0.717) is 22.9 Å². The molecule has 31 heavy (non-hydrogen) atoms. The van der Waals surface area contributed by atoms with Gasteiger partial charge in [0.2, 0.25) is 0 Å². The molecule has 0 unspecified atom stereocenters. The van der Waals surface area contributed by atoms with Crippen LogP contribution in [0.2, 0.25) is 0 Å². The number of methoxy groups -OCH3 is 2. The van der Waals surface area contributed by atoms with Gasteiger partial charge in [-0.05, 0) is 42.3 Å². The second-order valence-electron chi connectivity index (χ2n) is 7.11. The first-order valence-corrected chi connectivity index (χ1v) is 9.92. The lowest BCUT2D eigenvalue weighted by Gasteiger charge is -2.25. The predicted molar refractivity (Wildman–Crippen MR) is 117 cm³/mol. The molecule has 3 aromatic rings. The fourth-order valence-corrected chi connectivity index (χ4v) is 3.14. The standard InChI is InChI=1S/C16H16O4.C9H13NO/c1-20-13-9-5-8-12(10-13)14(15(17)16(18)19)11-6-3-2-4-7-11;1-7(10)8-4-3-5-9(6-8)11-2/h2-10,14-15,17H,1H3,(H,18,19);3-7H,10H2,1-2H3/t14-,15-;7-/m00/s1. The highest BCUT2D eigenvalue weighted by Crippen LogP contribution is 2.30. The maximum Gasteiger partial charge on any atom is 0.119 e. The Bertz CT molecular complexity index is 959. The number of aliphatic hydroxyl groups excluding tert-OH is 1. The van der Waals surface area contributed by atoms with Crippen molar-refractivity contribution in [3.63, 3.8) is 0 Å². The fourth-order valence-electron chi connectivity index (χ4n) is 3.14. The summed E-state index contributed by atoms with van der Waals surface area (Å²) >= 11 is 0. The average molecular weight is 424 g/mol. The molecule has 0 saturated carbocycles. The zero-order valence-corrected chi connectivity index (χ0v) is 18.0. The van der Waals surface area contributed by atoms with Crippen LogP contribution < -0.4 is 20.3 Å². The minimum Gasteiger partial charge on any atom is -0.547 e. The molecule has 0 spiro atoms. The van der Waals surface area contributed by atoms with Crippen LogP contribution in [0.1, 0.15) is 35.6 Å². The molecule has 6 nitrogen and oxygen atoms in total. The average Bonchev–Trinajstić information content (AvgIpc) is 2.80. The highest BCUT2D eigenvalue weighted by molar-refractivity contribution is 5.72. The molecular formula is C25H29NO5. The van der Waals surface area contributed by atoms with E-state index < -0.39 is 18.0 Å². The summed E-state index contributed by atoms with van der Waals surface area (Å²) in [6.07, 6.45) is -1.62. The van der Waals surface area contributed by atoms with Crippen LogP contribution in [-0.4, -0.2) is 31.4 Å². The van der Waals surface area contributed by atoms with Crippen LogP contribution in [0.3, 0.4) is 0 Å². The molecule has 164 valence electrons. The minimum atomic E-state index is -1.62. The van der Waals surface area contributed by atoms with Crippen molar-refractivity contribution in [2.24, 2.45) is 0 Å². The number of aliphatic hydroxyl groups is 1. The predicted octanol–water partition coefficient (Wildman–Crippen LogP) is 1.94. The zero-order valence-electron chi connectivity index (χ0n) is 18.0. The second kappa shape index (κ2) is 11.7. The zero-order chi connectivity index (χ0) is 22.8. The second-order valence-corrected chi connectivity index (χ2v) is 7.11. The molecule has 3 rings (SSSR count). The Morgan fingerprint density at radius 1 is 0.839 bits per heavy atom. The smallest absolute Gasteiger partial charge is 0.119 e. The highest BCUT2D eigenvalue weighted by atomic mass is 16.5. The number of hydrogen-bond donors (Lipinski definition) is 2. The molecule has 0 amide bonds. The van der Waals surface area contributed by atoms with E-state index in [4.69, 9.17) is 9.47 Å². The molecule has 3 atom stereocenters. The molecule has 0 radical (unpaired) electrons. The first-order chi connectivity index (χ1) is 14.9. The normalized spacial score (nSPS) is 13.2. The molecule has 0 bridgehead atoms. The number of hydrogen-bond acceptors (Lipinski definition) is 5. The Labute approximate surface area is 182 Å². The van der Waals surface area contributed by atoms with E-state index in [0.717, 1.165) is 5.75 Å². The summed E-state index contributed by atoms with van der Waals surface area (Å²) in [5.41, 5.74) is 6.51. The maximum absolute atomic E-state index is 11.0. The number of quaternary nitrogens is 1. The first-order valence-electron chi connectivity index (χ1n) is 9.92. The van der Waals surface area contributed by atoms with Gasteiger partial charge in [0.15, 0.2) is 0 Å². The Kier molecular flexibility index (Phi) is 9.06. The summed E-state index contributed by atoms with van der Waals surface area (Å²) in [6, 6.07) is 24.3. The van der Waals surface area contributed by atoms with Gasteiger partial charge in [-0.2, -0.15) is 0 Å². The summed E-state index contributed by atoms with van der Waals surface area (Å²) in [5, 5.41) is 21.0. The number of carbonyl (C=O) groups is 1. The summed E-state index contributed by atoms with van der Waals surface area (Å²) in [4.78, 5) is 11.0. The van der Waals surface area contributed by atoms with Gasteiger partial charge in [-0.15, -0.1) is 0 Å². The molecule has 0 aliphatic carbocycles. The SMILES string of the molecule is COc1cccc([C@H](C)[NH3+])c1.COc1cccc([C@H](c2ccccc2)[C@H](O)C(=O)[O-])c1. The van der Waals surface area contributed by atoms with E-state index in [1.54, 1.807) is 55.6 Å². The Morgan fingerprint density at radius 3 is 1.81 bits per heavy atom. The lowest BCUT2D eigenvalue weighted by Crippen LogP contribution is -2.51. The molecule has 0 heterocycles. The molecular weight excluding hydrogens is 394 g/mol. The van der Waals surface area contributed by atoms with Crippen LogP contribution in [0.5, 0.6) is 11.5 Å². The van der Waals surface area contributed by atoms with Gasteiger partial charge in [0.05, 0.1) is 20.2 Å². The largest absolute Gasteiger partial charge is 0.547 e. The number of rotatable bonds is 7. The number of benzene rings is 3. The Hall–Kier alpha value is -3.35. The molecule has 6 heteroatoms. The van der Waals surface area contributed by atoms with Crippen molar-refractivity contribution < 1.29 is 30.2 Å². The van der Waals surface area contributed by atoms with E-state index in [9.17, 15) is 15.0 Å². The van der Waals surface area contributed by atoms with Gasteiger partial charge < -0.3 is 30.2 Å². The Morgan fingerprint density at radius 2 is 1.32 bits per heavy atom. The van der Waals surface area contributed by atoms with Crippen molar-refractivity contribution in [1.29, 1.82) is 0 Å². The molecule has 0 aliphatic rings. The number of aliphatic carboxylic acids is 1. The van der Waals surface area contributed by atoms with E-state index in [1.807, 2.05) is 24.3 Å². The van der Waals surface area contributed by atoms with E-state index in [2.05, 4.69) is 18.7 Å². The van der Waals surface area contributed by atoms with Gasteiger partial charge >= 0.3 is 0 Å². The van der Waals surface area contributed by atoms with Crippen LogP contribution in [0.15, 0.2) is 78.9 Å². The third-order valence-electron chi connectivity index (χ3n) is 4.83. The van der Waals surface area contributed by atoms with Gasteiger partial charge in [-0.25, -0.2) is 0 Å². The summed E-state index contributed by atoms with van der Waals surface area (Å²) < 4.78 is 10.2. The molecule has 0 saturated heterocycles. The minimum absolute atomic E-state index is 0.324. The number of carbonyl (C=O) groups excluding carboxylic acids is 1. The van der Waals surface area contributed by atoms with Gasteiger partial charge in [0.1, 0.15) is 23.6 Å². The molecule has 0 aromatic heterocycles. The van der Waals surface area contributed by atoms with Crippen LogP contribution in [0, 0.1) is 0 Å². The molecule has 0 fully saturated rings. The van der Waals surface area contributed by atoms with E-state index in [-0.39, 0.29) is 0 Å². The van der Waals surface area contributed by atoms with Crippen molar-refractivity contribution in [3.8, 4) is 11.5 Å². The molecule has 4 N–H and O–H groups in total. The summed E-state index contributed by atoms with van der Waals surface area (Å²) in [6.45, 7) is 2.06. The third kappa shape index (κ3) is 6.84. The molecule has 3 aromatic carbocycles. The Balaban J connectivity index is 0.000000262. The topological polar surface area (TPSA) is 106 Å². The quantitative estimate of drug-likeness (QED) is 0.604. The van der Waals surface area contributed by atoms with E-state index in [1.165, 1.54) is 12.7 Å². The van der Waals surface area contributed by atoms with Gasteiger partial charge in [0, 0.05) is 11.5 Å². The van der Waals surface area contributed by atoms with Gasteiger partial charge in [-0.1, -0.05) is 54.6 Å². The van der Waals surface area contributed by atoms with Gasteiger partial charge in [0.25, 0.3) is 0 Å². The number of ether oxygens (including phenoxy) is 2. The van der Waals surface area contributed by atoms with E-state index >= 15 is 0 Å². The van der Waals surface area contributed by atoms with Crippen molar-refractivity contribution >= 4 is 5.97 Å². The lowest BCUT2D eigenvalue weighted by atomic mass is 9.86. The van der Waals surface area contributed by atoms with Crippen molar-refractivity contribution in [1.82, 2.24) is 0 Å².